The Morgan fingerprint density at radius 1 is 0.889 bits per heavy atom. The van der Waals surface area contributed by atoms with E-state index in [0.29, 0.717) is 18.8 Å². The van der Waals surface area contributed by atoms with E-state index in [-0.39, 0.29) is 24.9 Å². The SMILES string of the molecule is CNc1ccc(O)cc1.Cc1ccc(N2CC(C)(CO)C(=O)N2)cc1.OCCNc1ccc(O)cc1. The molecule has 0 bridgehead atoms. The summed E-state index contributed by atoms with van der Waals surface area (Å²) >= 11 is 0. The van der Waals surface area contributed by atoms with Crippen molar-refractivity contribution in [1.29, 1.82) is 0 Å². The number of nitrogens with zero attached hydrogens (tertiary/aromatic N) is 1. The molecular formula is C27H36N4O5. The van der Waals surface area contributed by atoms with Gasteiger partial charge in [-0.1, -0.05) is 17.7 Å². The Bertz CT molecular complexity index is 1060. The van der Waals surface area contributed by atoms with Crippen molar-refractivity contribution < 1.29 is 25.2 Å². The molecule has 1 atom stereocenters. The van der Waals surface area contributed by atoms with Crippen LogP contribution in [0.3, 0.4) is 0 Å². The molecule has 0 radical (unpaired) electrons. The molecule has 9 nitrogen and oxygen atoms in total. The number of amides is 1. The molecule has 1 heterocycles. The van der Waals surface area contributed by atoms with Gasteiger partial charge in [-0.05, 0) is 74.5 Å². The molecule has 0 aliphatic carbocycles. The van der Waals surface area contributed by atoms with Crippen LogP contribution in [-0.4, -0.2) is 59.7 Å². The number of aromatic hydroxyl groups is 2. The number of rotatable bonds is 6. The number of benzene rings is 3. The summed E-state index contributed by atoms with van der Waals surface area (Å²) in [6, 6.07) is 21.5. The first kappa shape index (κ1) is 28.3. The van der Waals surface area contributed by atoms with Gasteiger partial charge in [-0.15, -0.1) is 0 Å². The number of nitrogens with one attached hydrogen (secondary N) is 3. The molecular weight excluding hydrogens is 460 g/mol. The Hall–Kier alpha value is -3.95. The zero-order valence-electron chi connectivity index (χ0n) is 20.9. The van der Waals surface area contributed by atoms with Crippen molar-refractivity contribution in [3.05, 3.63) is 78.4 Å². The third kappa shape index (κ3) is 8.68. The third-order valence-electron chi connectivity index (χ3n) is 5.45. The number of hydrogen-bond acceptors (Lipinski definition) is 8. The summed E-state index contributed by atoms with van der Waals surface area (Å²) in [5.74, 6) is 0.420. The summed E-state index contributed by atoms with van der Waals surface area (Å²) in [7, 11) is 1.84. The number of aliphatic hydroxyl groups excluding tert-OH is 2. The second-order valence-electron chi connectivity index (χ2n) is 8.58. The average molecular weight is 497 g/mol. The highest BCUT2D eigenvalue weighted by Gasteiger charge is 2.41. The number of carbonyl (C=O) groups is 1. The van der Waals surface area contributed by atoms with Crippen LogP contribution in [0.2, 0.25) is 0 Å². The number of carbonyl (C=O) groups excluding carboxylic acids is 1. The maximum Gasteiger partial charge on any atom is 0.248 e. The predicted octanol–water partition coefficient (Wildman–Crippen LogP) is 3.08. The Labute approximate surface area is 212 Å². The third-order valence-corrected chi connectivity index (χ3v) is 5.45. The highest BCUT2D eigenvalue weighted by molar-refractivity contribution is 5.87. The van der Waals surface area contributed by atoms with Crippen molar-refractivity contribution in [3.63, 3.8) is 0 Å². The van der Waals surface area contributed by atoms with E-state index in [0.717, 1.165) is 17.1 Å². The Kier molecular flexibility index (Phi) is 10.9. The fourth-order valence-electron chi connectivity index (χ4n) is 3.13. The minimum atomic E-state index is -0.703. The van der Waals surface area contributed by atoms with Gasteiger partial charge in [0.1, 0.15) is 11.5 Å². The molecule has 4 rings (SSSR count). The molecule has 1 aliphatic heterocycles. The Morgan fingerprint density at radius 3 is 1.86 bits per heavy atom. The molecule has 0 saturated carbocycles. The minimum absolute atomic E-state index is 0.112. The summed E-state index contributed by atoms with van der Waals surface area (Å²) < 4.78 is 0. The van der Waals surface area contributed by atoms with Crippen LogP contribution in [0.1, 0.15) is 12.5 Å². The number of phenols is 2. The number of aryl methyl sites for hydroxylation is 1. The van der Waals surface area contributed by atoms with Gasteiger partial charge in [-0.3, -0.25) is 15.2 Å². The van der Waals surface area contributed by atoms with Crippen molar-refractivity contribution in [3.8, 4) is 11.5 Å². The maximum absolute atomic E-state index is 11.7. The highest BCUT2D eigenvalue weighted by Crippen LogP contribution is 2.27. The van der Waals surface area contributed by atoms with Crippen LogP contribution in [0, 0.1) is 12.3 Å². The average Bonchev–Trinajstić information content (AvgIpc) is 3.20. The lowest BCUT2D eigenvalue weighted by Gasteiger charge is -2.19. The fraction of sp³-hybridized carbons (Fsp3) is 0.296. The molecule has 3 aromatic carbocycles. The lowest BCUT2D eigenvalue weighted by molar-refractivity contribution is -0.128. The maximum atomic E-state index is 11.7. The van der Waals surface area contributed by atoms with E-state index in [1.807, 2.05) is 50.4 Å². The van der Waals surface area contributed by atoms with Gasteiger partial charge in [0.05, 0.1) is 30.9 Å². The summed E-state index contributed by atoms with van der Waals surface area (Å²) in [5.41, 5.74) is 6.09. The quantitative estimate of drug-likeness (QED) is 0.259. The zero-order chi connectivity index (χ0) is 26.6. The summed E-state index contributed by atoms with van der Waals surface area (Å²) in [6.45, 7) is 4.78. The van der Waals surface area contributed by atoms with Crippen LogP contribution in [0.4, 0.5) is 17.1 Å². The standard InChI is InChI=1S/C12H16N2O2.C8H11NO2.C7H9NO/c1-9-3-5-10(6-4-9)14-7-12(2,8-15)11(16)13-14;10-6-5-9-7-1-3-8(11)4-2-7;1-8-6-2-4-7(9)5-3-6/h3-6,15H,7-8H2,1-2H3,(H,13,16);1-4,9-11H,5-6H2;2-5,8-9H,1H3. The molecule has 0 spiro atoms. The van der Waals surface area contributed by atoms with Crippen LogP contribution in [0.5, 0.6) is 11.5 Å². The zero-order valence-corrected chi connectivity index (χ0v) is 20.9. The summed E-state index contributed by atoms with van der Waals surface area (Å²) in [6.07, 6.45) is 0. The van der Waals surface area contributed by atoms with Gasteiger partial charge in [0, 0.05) is 25.0 Å². The first-order chi connectivity index (χ1) is 17.2. The van der Waals surface area contributed by atoms with Crippen molar-refractivity contribution in [2.45, 2.75) is 13.8 Å². The number of hydrogen-bond donors (Lipinski definition) is 7. The van der Waals surface area contributed by atoms with E-state index in [2.05, 4.69) is 16.1 Å². The number of anilines is 3. The van der Waals surface area contributed by atoms with Gasteiger partial charge < -0.3 is 31.1 Å². The predicted molar refractivity (Wildman–Crippen MR) is 143 cm³/mol. The molecule has 1 amide bonds. The molecule has 0 aromatic heterocycles. The summed E-state index contributed by atoms with van der Waals surface area (Å²) in [5, 5.41) is 43.1. The normalized spacial score (nSPS) is 16.1. The van der Waals surface area contributed by atoms with Gasteiger partial charge in [0.15, 0.2) is 0 Å². The molecule has 1 fully saturated rings. The lowest BCUT2D eigenvalue weighted by atomic mass is 9.92. The van der Waals surface area contributed by atoms with Crippen LogP contribution in [0.25, 0.3) is 0 Å². The first-order valence-corrected chi connectivity index (χ1v) is 11.6. The van der Waals surface area contributed by atoms with Gasteiger partial charge in [-0.2, -0.15) is 0 Å². The smallest absolute Gasteiger partial charge is 0.248 e. The van der Waals surface area contributed by atoms with Crippen molar-refractivity contribution in [2.75, 3.05) is 49.0 Å². The van der Waals surface area contributed by atoms with E-state index < -0.39 is 5.41 Å². The van der Waals surface area contributed by atoms with Gasteiger partial charge in [0.2, 0.25) is 5.91 Å². The van der Waals surface area contributed by atoms with E-state index in [1.54, 1.807) is 48.3 Å². The van der Waals surface area contributed by atoms with Crippen molar-refractivity contribution in [1.82, 2.24) is 5.43 Å². The molecule has 194 valence electrons. The number of phenolic OH excluding ortho intramolecular Hbond substituents is 2. The van der Waals surface area contributed by atoms with Gasteiger partial charge >= 0.3 is 0 Å². The van der Waals surface area contributed by atoms with Crippen LogP contribution >= 0.6 is 0 Å². The molecule has 36 heavy (non-hydrogen) atoms. The molecule has 1 saturated heterocycles. The molecule has 7 N–H and O–H groups in total. The van der Waals surface area contributed by atoms with Crippen molar-refractivity contribution >= 4 is 23.0 Å². The highest BCUT2D eigenvalue weighted by atomic mass is 16.3. The monoisotopic (exact) mass is 496 g/mol. The van der Waals surface area contributed by atoms with Crippen molar-refractivity contribution in [2.24, 2.45) is 5.41 Å². The van der Waals surface area contributed by atoms with E-state index in [4.69, 9.17) is 15.3 Å². The molecule has 9 heteroatoms. The topological polar surface area (TPSA) is 137 Å². The molecule has 3 aromatic rings. The van der Waals surface area contributed by atoms with Crippen LogP contribution in [-0.2, 0) is 4.79 Å². The van der Waals surface area contributed by atoms with Crippen LogP contribution < -0.4 is 21.1 Å². The Morgan fingerprint density at radius 2 is 1.42 bits per heavy atom. The summed E-state index contributed by atoms with van der Waals surface area (Å²) in [4.78, 5) is 11.7. The Balaban J connectivity index is 0.000000200. The molecule has 1 unspecified atom stereocenters. The lowest BCUT2D eigenvalue weighted by Crippen LogP contribution is -2.34. The second kappa shape index (κ2) is 13.8. The van der Waals surface area contributed by atoms with Gasteiger partial charge in [-0.25, -0.2) is 0 Å². The van der Waals surface area contributed by atoms with Gasteiger partial charge in [0.25, 0.3) is 0 Å². The molecule has 1 aliphatic rings. The number of aliphatic hydroxyl groups is 2. The van der Waals surface area contributed by atoms with Crippen LogP contribution in [0.15, 0.2) is 72.8 Å². The van der Waals surface area contributed by atoms with E-state index in [1.165, 1.54) is 5.56 Å². The second-order valence-corrected chi connectivity index (χ2v) is 8.58. The largest absolute Gasteiger partial charge is 0.508 e. The first-order valence-electron chi connectivity index (χ1n) is 11.6. The number of hydrazine groups is 1. The minimum Gasteiger partial charge on any atom is -0.508 e. The van der Waals surface area contributed by atoms with E-state index >= 15 is 0 Å². The fourth-order valence-corrected chi connectivity index (χ4v) is 3.13. The van der Waals surface area contributed by atoms with E-state index in [9.17, 15) is 9.90 Å².